The van der Waals surface area contributed by atoms with Crippen molar-refractivity contribution < 1.29 is 23.7 Å². The number of hydrazone groups is 1. The molecular weight excluding hydrogens is 478 g/mol. The lowest BCUT2D eigenvalue weighted by Crippen LogP contribution is -2.24. The molecule has 2 rings (SSSR count). The molecule has 0 atom stereocenters. The number of hydrogen-bond acceptors (Lipinski definition) is 6. The second-order valence-electron chi connectivity index (χ2n) is 6.85. The lowest BCUT2D eigenvalue weighted by molar-refractivity contribution is 0.210. The van der Waals surface area contributed by atoms with Crippen LogP contribution < -0.4 is 30.1 Å². The van der Waals surface area contributed by atoms with Gasteiger partial charge in [-0.15, -0.1) is 0 Å². The molecule has 0 bridgehead atoms. The smallest absolute Gasteiger partial charge is 0.332 e. The van der Waals surface area contributed by atoms with Gasteiger partial charge in [-0.1, -0.05) is 26.2 Å². The maximum atomic E-state index is 10.7. The molecule has 2 aromatic carbocycles. The van der Waals surface area contributed by atoms with Crippen LogP contribution in [0, 0.1) is 0 Å². The molecule has 174 valence electrons. The average molecular weight is 508 g/mol. The van der Waals surface area contributed by atoms with Gasteiger partial charge in [-0.3, -0.25) is 0 Å². The topological polar surface area (TPSA) is 104 Å². The number of ether oxygens (including phenoxy) is 4. The monoisotopic (exact) mass is 507 g/mol. The lowest BCUT2D eigenvalue weighted by Gasteiger charge is -2.14. The van der Waals surface area contributed by atoms with Crippen LogP contribution in [0.25, 0.3) is 0 Å². The molecule has 32 heavy (non-hydrogen) atoms. The van der Waals surface area contributed by atoms with Gasteiger partial charge in [0.15, 0.2) is 11.5 Å². The molecule has 8 nitrogen and oxygen atoms in total. The Morgan fingerprint density at radius 2 is 1.69 bits per heavy atom. The quantitative estimate of drug-likeness (QED) is 0.215. The van der Waals surface area contributed by atoms with Crippen LogP contribution in [-0.2, 0) is 0 Å². The van der Waals surface area contributed by atoms with Crippen LogP contribution in [0.4, 0.5) is 4.79 Å². The Morgan fingerprint density at radius 1 is 1.03 bits per heavy atom. The van der Waals surface area contributed by atoms with E-state index in [2.05, 4.69) is 33.4 Å². The molecule has 0 fully saturated rings. The maximum Gasteiger partial charge on any atom is 0.332 e. The summed E-state index contributed by atoms with van der Waals surface area (Å²) >= 11 is 3.47. The normalized spacial score (nSPS) is 10.7. The van der Waals surface area contributed by atoms with Gasteiger partial charge >= 0.3 is 6.03 Å². The molecule has 0 heterocycles. The van der Waals surface area contributed by atoms with E-state index in [1.807, 2.05) is 24.3 Å². The highest BCUT2D eigenvalue weighted by Gasteiger charge is 2.11. The summed E-state index contributed by atoms with van der Waals surface area (Å²) in [6.45, 7) is 3.61. The van der Waals surface area contributed by atoms with E-state index in [1.54, 1.807) is 19.2 Å². The second-order valence-corrected chi connectivity index (χ2v) is 7.70. The third kappa shape index (κ3) is 9.05. The van der Waals surface area contributed by atoms with E-state index in [0.29, 0.717) is 34.7 Å². The van der Waals surface area contributed by atoms with Gasteiger partial charge in [-0.2, -0.15) is 5.10 Å². The number of hydrogen-bond donors (Lipinski definition) is 2. The van der Waals surface area contributed by atoms with Crippen LogP contribution in [0.3, 0.4) is 0 Å². The summed E-state index contributed by atoms with van der Waals surface area (Å²) in [5.74, 6) is 2.64. The Bertz CT molecular complexity index is 875. The fourth-order valence-electron chi connectivity index (χ4n) is 2.78. The number of halogens is 1. The van der Waals surface area contributed by atoms with E-state index in [0.717, 1.165) is 24.5 Å². The number of carbonyl (C=O) groups excluding carboxylic acids is 1. The molecule has 0 unspecified atom stereocenters. The van der Waals surface area contributed by atoms with Crippen molar-refractivity contribution in [3.05, 3.63) is 46.4 Å². The first-order chi connectivity index (χ1) is 15.5. The highest BCUT2D eigenvalue weighted by atomic mass is 79.9. The Morgan fingerprint density at radius 3 is 2.31 bits per heavy atom. The molecule has 3 N–H and O–H groups in total. The summed E-state index contributed by atoms with van der Waals surface area (Å²) in [7, 11) is 1.54. The lowest BCUT2D eigenvalue weighted by atomic mass is 10.2. The van der Waals surface area contributed by atoms with Gasteiger partial charge in [0, 0.05) is 0 Å². The SMILES string of the molecule is CCCCCCOc1ccc(OCCOc2c(Br)cc(/C=N\NC(N)=O)cc2OC)cc1. The molecule has 9 heteroatoms. The van der Waals surface area contributed by atoms with Crippen molar-refractivity contribution in [2.75, 3.05) is 26.9 Å². The number of amides is 2. The summed E-state index contributed by atoms with van der Waals surface area (Å²) in [5.41, 5.74) is 7.82. The van der Waals surface area contributed by atoms with Crippen LogP contribution in [0.5, 0.6) is 23.0 Å². The molecule has 0 saturated heterocycles. The van der Waals surface area contributed by atoms with Crippen LogP contribution in [0.2, 0.25) is 0 Å². The molecular formula is C23H30BrN3O5. The van der Waals surface area contributed by atoms with E-state index in [4.69, 9.17) is 24.7 Å². The number of unbranched alkanes of at least 4 members (excludes halogenated alkanes) is 3. The standard InChI is InChI=1S/C23H30BrN3O5/c1-3-4-5-6-11-30-18-7-9-19(10-8-18)31-12-13-32-22-20(24)14-17(15-21(22)29-2)16-26-27-23(25)28/h7-10,14-16H,3-6,11-13H2,1-2H3,(H3,25,27,28)/b26-16-. The molecule has 2 aromatic rings. The predicted octanol–water partition coefficient (Wildman–Crippen LogP) is 4.88. The molecule has 0 aliphatic rings. The van der Waals surface area contributed by atoms with Crippen molar-refractivity contribution in [3.63, 3.8) is 0 Å². The first-order valence-corrected chi connectivity index (χ1v) is 11.3. The van der Waals surface area contributed by atoms with Gasteiger partial charge in [0.1, 0.15) is 24.7 Å². The van der Waals surface area contributed by atoms with Crippen molar-refractivity contribution in [2.45, 2.75) is 32.6 Å². The fourth-order valence-corrected chi connectivity index (χ4v) is 3.35. The molecule has 0 aliphatic carbocycles. The first kappa shape index (κ1) is 25.3. The van der Waals surface area contributed by atoms with Crippen molar-refractivity contribution in [3.8, 4) is 23.0 Å². The average Bonchev–Trinajstić information content (AvgIpc) is 2.78. The minimum atomic E-state index is -0.739. The summed E-state index contributed by atoms with van der Waals surface area (Å²) in [5, 5.41) is 3.73. The zero-order valence-electron chi connectivity index (χ0n) is 18.4. The number of benzene rings is 2. The number of carbonyl (C=O) groups is 1. The van der Waals surface area contributed by atoms with E-state index >= 15 is 0 Å². The van der Waals surface area contributed by atoms with Crippen LogP contribution >= 0.6 is 15.9 Å². The minimum absolute atomic E-state index is 0.321. The van der Waals surface area contributed by atoms with E-state index in [-0.39, 0.29) is 0 Å². The molecule has 0 aliphatic heterocycles. The summed E-state index contributed by atoms with van der Waals surface area (Å²) in [6, 6.07) is 10.3. The van der Waals surface area contributed by atoms with Crippen LogP contribution in [-0.4, -0.2) is 39.2 Å². The van der Waals surface area contributed by atoms with Crippen LogP contribution in [0.15, 0.2) is 46.0 Å². The van der Waals surface area contributed by atoms with Crippen molar-refractivity contribution in [2.24, 2.45) is 10.8 Å². The molecule has 0 spiro atoms. The zero-order valence-corrected chi connectivity index (χ0v) is 20.0. The van der Waals surface area contributed by atoms with Gasteiger partial charge < -0.3 is 24.7 Å². The van der Waals surface area contributed by atoms with Gasteiger partial charge in [-0.25, -0.2) is 10.2 Å². The first-order valence-electron chi connectivity index (χ1n) is 10.5. The van der Waals surface area contributed by atoms with Gasteiger partial charge in [0.2, 0.25) is 0 Å². The highest BCUT2D eigenvalue weighted by Crippen LogP contribution is 2.36. The molecule has 0 saturated carbocycles. The molecule has 2 amide bonds. The predicted molar refractivity (Wildman–Crippen MR) is 128 cm³/mol. The number of rotatable bonds is 14. The number of methoxy groups -OCH3 is 1. The number of urea groups is 1. The number of nitrogens with one attached hydrogen (secondary N) is 1. The summed E-state index contributed by atoms with van der Waals surface area (Å²) < 4.78 is 23.4. The summed E-state index contributed by atoms with van der Waals surface area (Å²) in [4.78, 5) is 10.7. The Hall–Kier alpha value is -2.94. The highest BCUT2D eigenvalue weighted by molar-refractivity contribution is 9.10. The number of nitrogens with two attached hydrogens (primary N) is 1. The van der Waals surface area contributed by atoms with Gasteiger partial charge in [0.25, 0.3) is 0 Å². The third-order valence-corrected chi connectivity index (χ3v) is 4.92. The van der Waals surface area contributed by atoms with Crippen molar-refractivity contribution in [1.82, 2.24) is 5.43 Å². The largest absolute Gasteiger partial charge is 0.494 e. The molecule has 0 radical (unpaired) electrons. The number of primary amides is 1. The fraction of sp³-hybridized carbons (Fsp3) is 0.391. The summed E-state index contributed by atoms with van der Waals surface area (Å²) in [6.07, 6.45) is 6.18. The third-order valence-electron chi connectivity index (χ3n) is 4.33. The molecule has 0 aromatic heterocycles. The van der Waals surface area contributed by atoms with Crippen molar-refractivity contribution >= 4 is 28.2 Å². The van der Waals surface area contributed by atoms with Crippen LogP contribution in [0.1, 0.15) is 38.2 Å². The van der Waals surface area contributed by atoms with Crippen molar-refractivity contribution in [1.29, 1.82) is 0 Å². The van der Waals surface area contributed by atoms with Gasteiger partial charge in [-0.05, 0) is 64.3 Å². The Balaban J connectivity index is 1.80. The minimum Gasteiger partial charge on any atom is -0.494 e. The maximum absolute atomic E-state index is 10.7. The van der Waals surface area contributed by atoms with E-state index in [9.17, 15) is 4.79 Å². The van der Waals surface area contributed by atoms with Gasteiger partial charge in [0.05, 0.1) is 24.4 Å². The zero-order chi connectivity index (χ0) is 23.2. The van der Waals surface area contributed by atoms with E-state index < -0.39 is 6.03 Å². The van der Waals surface area contributed by atoms with E-state index in [1.165, 1.54) is 25.5 Å². The number of nitrogens with zero attached hydrogens (tertiary/aromatic N) is 1. The Labute approximate surface area is 197 Å². The Kier molecular flexibility index (Phi) is 11.2. The second kappa shape index (κ2) is 14.2.